The van der Waals surface area contributed by atoms with E-state index < -0.39 is 41.1 Å². The molecule has 1 saturated carbocycles. The van der Waals surface area contributed by atoms with Crippen LogP contribution in [0.2, 0.25) is 0 Å². The second kappa shape index (κ2) is 18.4. The maximum atomic E-state index is 14.8. The molecule has 1 aliphatic carbocycles. The number of piperidine rings is 1. The number of hydrogen-bond acceptors (Lipinski definition) is 10. The van der Waals surface area contributed by atoms with Crippen LogP contribution in [0.5, 0.6) is 0 Å². The van der Waals surface area contributed by atoms with E-state index >= 15 is 0 Å². The van der Waals surface area contributed by atoms with E-state index in [-0.39, 0.29) is 49.4 Å². The number of thiazole rings is 1. The number of hydrogen-bond donors (Lipinski definition) is 3. The van der Waals surface area contributed by atoms with E-state index in [9.17, 15) is 28.7 Å². The van der Waals surface area contributed by atoms with Gasteiger partial charge in [0.25, 0.3) is 11.5 Å². The summed E-state index contributed by atoms with van der Waals surface area (Å²) in [5.41, 5.74) is 5.88. The van der Waals surface area contributed by atoms with Crippen molar-refractivity contribution in [3.8, 4) is 10.4 Å². The fourth-order valence-electron chi connectivity index (χ4n) is 10.4. The Kier molecular flexibility index (Phi) is 12.6. The molecular formula is C51H58BrFN8O6S. The van der Waals surface area contributed by atoms with Crippen molar-refractivity contribution in [3.63, 3.8) is 0 Å². The summed E-state index contributed by atoms with van der Waals surface area (Å²) in [6.07, 6.45) is 2.76. The molecule has 0 spiro atoms. The molecule has 14 nitrogen and oxygen atoms in total. The van der Waals surface area contributed by atoms with Gasteiger partial charge in [0.2, 0.25) is 17.6 Å². The second-order valence-corrected chi connectivity index (χ2v) is 22.0. The van der Waals surface area contributed by atoms with E-state index in [1.807, 2.05) is 42.8 Å². The van der Waals surface area contributed by atoms with Crippen LogP contribution >= 0.6 is 27.3 Å². The summed E-state index contributed by atoms with van der Waals surface area (Å²) in [6.45, 7) is 11.1. The first-order chi connectivity index (χ1) is 32.6. The molecule has 68 heavy (non-hydrogen) atoms. The minimum atomic E-state index is -1.97. The number of imidazole rings is 1. The number of carbonyl (C=O) groups is 3. The monoisotopic (exact) mass is 1010 g/mol. The van der Waals surface area contributed by atoms with Crippen LogP contribution in [-0.4, -0.2) is 115 Å². The average Bonchev–Trinajstić information content (AvgIpc) is 3.55. The number of benzene rings is 3. The van der Waals surface area contributed by atoms with Crippen LogP contribution < -0.4 is 16.2 Å². The van der Waals surface area contributed by atoms with Crippen LogP contribution in [0.25, 0.3) is 38.2 Å². The lowest BCUT2D eigenvalue weighted by Gasteiger charge is -2.36. The van der Waals surface area contributed by atoms with Crippen molar-refractivity contribution < 1.29 is 28.6 Å². The van der Waals surface area contributed by atoms with Crippen molar-refractivity contribution in [1.82, 2.24) is 39.4 Å². The molecule has 3 aliphatic heterocycles. The molecule has 3 N–H and O–H groups in total. The predicted molar refractivity (Wildman–Crippen MR) is 263 cm³/mol. The number of carbonyl (C=O) groups excluding carboxylic acids is 3. The number of aliphatic hydroxyl groups is 1. The van der Waals surface area contributed by atoms with Gasteiger partial charge < -0.3 is 34.8 Å². The number of amides is 3. The minimum absolute atomic E-state index is 0.0521. The Morgan fingerprint density at radius 1 is 1.01 bits per heavy atom. The molecule has 3 aromatic carbocycles. The van der Waals surface area contributed by atoms with Gasteiger partial charge >= 0.3 is 0 Å². The Bertz CT molecular complexity index is 2970. The Morgan fingerprint density at radius 2 is 1.76 bits per heavy atom. The first kappa shape index (κ1) is 46.6. The van der Waals surface area contributed by atoms with E-state index in [2.05, 4.69) is 80.7 Å². The summed E-state index contributed by atoms with van der Waals surface area (Å²) in [6, 6.07) is 18.3. The molecule has 4 atom stereocenters. The largest absolute Gasteiger partial charge is 0.391 e. The van der Waals surface area contributed by atoms with Crippen LogP contribution in [-0.2, 0) is 19.1 Å². The van der Waals surface area contributed by atoms with Crippen molar-refractivity contribution in [1.29, 1.82) is 0 Å². The lowest BCUT2D eigenvalue weighted by molar-refractivity contribution is -0.145. The van der Waals surface area contributed by atoms with Crippen molar-refractivity contribution in [2.24, 2.45) is 5.41 Å². The van der Waals surface area contributed by atoms with E-state index in [4.69, 9.17) is 4.74 Å². The van der Waals surface area contributed by atoms with E-state index in [1.165, 1.54) is 10.5 Å². The number of fused-ring (bicyclic) bond motifs is 5. The number of ether oxygens (including phenoxy) is 1. The normalized spacial score (nSPS) is 21.0. The highest BCUT2D eigenvalue weighted by Gasteiger charge is 2.53. The maximum absolute atomic E-state index is 14.8. The zero-order valence-electron chi connectivity index (χ0n) is 38.8. The van der Waals surface area contributed by atoms with Gasteiger partial charge in [-0.1, -0.05) is 57.2 Å². The average molecular weight is 1010 g/mol. The Labute approximate surface area is 406 Å². The molecule has 358 valence electrons. The fourth-order valence-corrected chi connectivity index (χ4v) is 11.7. The zero-order chi connectivity index (χ0) is 47.6. The summed E-state index contributed by atoms with van der Waals surface area (Å²) in [4.78, 5) is 68.8. The smallest absolute Gasteiger partial charge is 0.283 e. The summed E-state index contributed by atoms with van der Waals surface area (Å²) in [5.74, 6) is -0.716. The third-order valence-corrected chi connectivity index (χ3v) is 16.2. The molecule has 6 heterocycles. The zero-order valence-corrected chi connectivity index (χ0v) is 41.2. The van der Waals surface area contributed by atoms with Crippen molar-refractivity contribution in [2.45, 2.75) is 114 Å². The lowest BCUT2D eigenvalue weighted by atomic mass is 9.85. The Morgan fingerprint density at radius 3 is 2.43 bits per heavy atom. The SMILES string of the molecule is Cc1ncsc1-c1ccc([C@H](CCCN2CCC(c3ccc4c(c3)n(C3COC3)c3nc(=O)c5c(Br)cccc5n43)CC2)NC(=O)[C@@H]2C[C@@H](O)CN2C(=O)[C@@H](NC(=O)C2(F)CC2)C(C)(C)C)cc1. The van der Waals surface area contributed by atoms with Gasteiger partial charge in [-0.2, -0.15) is 4.98 Å². The number of β-amino-alcohol motifs (C(OH)–C–C–N with tert-alkyl or cyclic N) is 1. The number of halogens is 2. The molecule has 0 radical (unpaired) electrons. The fraction of sp³-hybridized carbons (Fsp3) is 0.490. The van der Waals surface area contributed by atoms with Crippen molar-refractivity contribution in [2.75, 3.05) is 39.4 Å². The highest BCUT2D eigenvalue weighted by atomic mass is 79.9. The predicted octanol–water partition coefficient (Wildman–Crippen LogP) is 7.38. The van der Waals surface area contributed by atoms with Gasteiger partial charge in [-0.15, -0.1) is 11.3 Å². The molecule has 3 amide bonds. The number of aromatic nitrogens is 4. The van der Waals surface area contributed by atoms with E-state index in [0.717, 1.165) is 81.6 Å². The van der Waals surface area contributed by atoms with Crippen LogP contribution in [0.4, 0.5) is 4.39 Å². The lowest BCUT2D eigenvalue weighted by Crippen LogP contribution is -2.59. The van der Waals surface area contributed by atoms with Gasteiger partial charge in [0, 0.05) is 17.4 Å². The number of rotatable bonds is 13. The summed E-state index contributed by atoms with van der Waals surface area (Å²) in [7, 11) is 0. The molecule has 0 unspecified atom stereocenters. The summed E-state index contributed by atoms with van der Waals surface area (Å²) in [5, 5.41) is 17.4. The minimum Gasteiger partial charge on any atom is -0.391 e. The molecule has 4 fully saturated rings. The van der Waals surface area contributed by atoms with Gasteiger partial charge in [0.1, 0.15) is 12.1 Å². The summed E-state index contributed by atoms with van der Waals surface area (Å²) >= 11 is 5.16. The Balaban J connectivity index is 0.835. The van der Waals surface area contributed by atoms with Crippen LogP contribution in [0.1, 0.15) is 101 Å². The third kappa shape index (κ3) is 8.89. The molecule has 3 aromatic heterocycles. The van der Waals surface area contributed by atoms with Crippen LogP contribution in [0, 0.1) is 12.3 Å². The number of nitrogens with one attached hydrogen (secondary N) is 2. The number of alkyl halides is 1. The molecule has 10 rings (SSSR count). The molecule has 0 bridgehead atoms. The highest BCUT2D eigenvalue weighted by Crippen LogP contribution is 2.41. The quantitative estimate of drug-likeness (QED) is 0.107. The standard InChI is InChI=1S/C51H58BrFN8O6S/c1-29-43(68-28-54-29)32-12-10-31(11-13-32)37(55-45(63)41-24-35(62)25-59(41)47(65)44(50(2,3)4)56-48(66)51(53)18-19-51)8-6-20-58-21-16-30(17-22-58)33-14-15-38-40(23-33)60(34-26-67-27-34)49-57-46(64)42-36(52)7-5-9-39(42)61(38)49/h5,7,9-15,23,28,30,34-35,37,41,44,62H,6,8,16-22,24-27H2,1-4H3,(H,55,63)(H,56,66)/t35-,37+,41+,44-/m1/s1. The maximum Gasteiger partial charge on any atom is 0.283 e. The van der Waals surface area contributed by atoms with Crippen LogP contribution in [0.15, 0.2) is 75.4 Å². The third-order valence-electron chi connectivity index (χ3n) is 14.6. The molecule has 4 aliphatic rings. The highest BCUT2D eigenvalue weighted by molar-refractivity contribution is 9.10. The van der Waals surface area contributed by atoms with E-state index in [0.29, 0.717) is 36.7 Å². The van der Waals surface area contributed by atoms with Gasteiger partial charge in [0.15, 0.2) is 5.67 Å². The van der Waals surface area contributed by atoms with E-state index in [1.54, 1.807) is 32.1 Å². The molecule has 6 aromatic rings. The topological polar surface area (TPSA) is 163 Å². The number of aliphatic hydroxyl groups excluding tert-OH is 1. The van der Waals surface area contributed by atoms with Gasteiger partial charge in [0.05, 0.1) is 69.4 Å². The van der Waals surface area contributed by atoms with Crippen molar-refractivity contribution >= 4 is 72.7 Å². The molecule has 3 saturated heterocycles. The van der Waals surface area contributed by atoms with Gasteiger partial charge in [-0.05, 0) is 133 Å². The first-order valence-electron chi connectivity index (χ1n) is 23.8. The van der Waals surface area contributed by atoms with Gasteiger partial charge in [-0.25, -0.2) is 9.37 Å². The van der Waals surface area contributed by atoms with Crippen LogP contribution in [0.3, 0.4) is 0 Å². The van der Waals surface area contributed by atoms with Crippen molar-refractivity contribution in [3.05, 3.63) is 97.8 Å². The molecular weight excluding hydrogens is 952 g/mol. The number of likely N-dealkylation sites (tertiary alicyclic amines) is 2. The Hall–Kier alpha value is -5.07. The second-order valence-electron chi connectivity index (χ2n) is 20.3. The number of nitrogens with zero attached hydrogens (tertiary/aromatic N) is 6. The number of aryl methyl sites for hydroxylation is 1. The molecule has 17 heteroatoms. The summed E-state index contributed by atoms with van der Waals surface area (Å²) < 4.78 is 25.4. The first-order valence-corrected chi connectivity index (χ1v) is 25.5. The van der Waals surface area contributed by atoms with Gasteiger partial charge in [-0.3, -0.25) is 23.6 Å².